The lowest BCUT2D eigenvalue weighted by Gasteiger charge is -2.26. The maximum absolute atomic E-state index is 5.70. The maximum atomic E-state index is 5.70. The molecule has 2 nitrogen and oxygen atoms in total. The van der Waals surface area contributed by atoms with E-state index >= 15 is 0 Å². The van der Waals surface area contributed by atoms with Crippen LogP contribution in [0, 0.1) is 0 Å². The third-order valence-electron chi connectivity index (χ3n) is 3.69. The van der Waals surface area contributed by atoms with Gasteiger partial charge in [0.2, 0.25) is 0 Å². The van der Waals surface area contributed by atoms with Crippen LogP contribution in [0.1, 0.15) is 23.5 Å². The molecule has 1 heterocycles. The zero-order chi connectivity index (χ0) is 13.8. The molecule has 104 valence electrons. The van der Waals surface area contributed by atoms with Gasteiger partial charge >= 0.3 is 0 Å². The van der Waals surface area contributed by atoms with Crippen molar-refractivity contribution in [1.82, 2.24) is 5.32 Å². The van der Waals surface area contributed by atoms with Gasteiger partial charge in [0.25, 0.3) is 0 Å². The molecule has 2 aromatic carbocycles. The van der Waals surface area contributed by atoms with Crippen molar-refractivity contribution in [3.05, 3.63) is 64.1 Å². The lowest BCUT2D eigenvalue weighted by atomic mass is 9.93. The smallest absolute Gasteiger partial charge is 0.122 e. The molecule has 0 saturated heterocycles. The molecular weight excluding hydrogens is 314 g/mol. The molecule has 1 aliphatic heterocycles. The number of benzene rings is 2. The van der Waals surface area contributed by atoms with Crippen LogP contribution >= 0.6 is 15.9 Å². The van der Waals surface area contributed by atoms with Crippen molar-refractivity contribution < 1.29 is 4.74 Å². The number of fused-ring (bicyclic) bond motifs is 1. The van der Waals surface area contributed by atoms with Gasteiger partial charge in [-0.1, -0.05) is 46.3 Å². The summed E-state index contributed by atoms with van der Waals surface area (Å²) in [6, 6.07) is 16.8. The van der Waals surface area contributed by atoms with Gasteiger partial charge in [0.15, 0.2) is 0 Å². The van der Waals surface area contributed by atoms with Crippen LogP contribution in [-0.4, -0.2) is 13.2 Å². The first-order valence-electron chi connectivity index (χ1n) is 7.00. The van der Waals surface area contributed by atoms with E-state index in [1.807, 2.05) is 6.07 Å². The zero-order valence-corrected chi connectivity index (χ0v) is 12.9. The highest BCUT2D eigenvalue weighted by Crippen LogP contribution is 2.32. The van der Waals surface area contributed by atoms with Crippen molar-refractivity contribution in [2.45, 2.75) is 18.9 Å². The SMILES string of the molecule is Brc1cccc(CNCC2CCOc3ccccc32)c1. The predicted molar refractivity (Wildman–Crippen MR) is 85.1 cm³/mol. The lowest BCUT2D eigenvalue weighted by molar-refractivity contribution is 0.264. The average molecular weight is 332 g/mol. The van der Waals surface area contributed by atoms with E-state index in [4.69, 9.17) is 4.74 Å². The minimum absolute atomic E-state index is 0.548. The van der Waals surface area contributed by atoms with Crippen LogP contribution in [0.15, 0.2) is 53.0 Å². The number of hydrogen-bond donors (Lipinski definition) is 1. The molecule has 1 unspecified atom stereocenters. The minimum Gasteiger partial charge on any atom is -0.493 e. The molecule has 1 N–H and O–H groups in total. The summed E-state index contributed by atoms with van der Waals surface area (Å²) < 4.78 is 6.83. The largest absolute Gasteiger partial charge is 0.493 e. The molecule has 0 spiro atoms. The lowest BCUT2D eigenvalue weighted by Crippen LogP contribution is -2.25. The van der Waals surface area contributed by atoms with Gasteiger partial charge in [-0.3, -0.25) is 0 Å². The van der Waals surface area contributed by atoms with Crippen molar-refractivity contribution in [2.75, 3.05) is 13.2 Å². The third-order valence-corrected chi connectivity index (χ3v) is 4.18. The summed E-state index contributed by atoms with van der Waals surface area (Å²) in [7, 11) is 0. The minimum atomic E-state index is 0.548. The van der Waals surface area contributed by atoms with Gasteiger partial charge < -0.3 is 10.1 Å². The molecule has 1 atom stereocenters. The van der Waals surface area contributed by atoms with E-state index in [1.165, 1.54) is 11.1 Å². The molecular formula is C17H18BrNO. The Bertz CT molecular complexity index is 585. The summed E-state index contributed by atoms with van der Waals surface area (Å²) >= 11 is 3.51. The van der Waals surface area contributed by atoms with Gasteiger partial charge in [-0.2, -0.15) is 0 Å². The zero-order valence-electron chi connectivity index (χ0n) is 11.3. The molecule has 1 aliphatic rings. The van der Waals surface area contributed by atoms with Crippen LogP contribution < -0.4 is 10.1 Å². The van der Waals surface area contributed by atoms with E-state index in [1.54, 1.807) is 0 Å². The highest BCUT2D eigenvalue weighted by Gasteiger charge is 2.20. The van der Waals surface area contributed by atoms with Crippen molar-refractivity contribution in [2.24, 2.45) is 0 Å². The molecule has 3 rings (SSSR count). The highest BCUT2D eigenvalue weighted by atomic mass is 79.9. The number of hydrogen-bond acceptors (Lipinski definition) is 2. The Kier molecular flexibility index (Phi) is 4.38. The summed E-state index contributed by atoms with van der Waals surface area (Å²) in [5.41, 5.74) is 2.64. The summed E-state index contributed by atoms with van der Waals surface area (Å²) in [4.78, 5) is 0. The predicted octanol–water partition coefficient (Wildman–Crippen LogP) is 4.11. The Labute approximate surface area is 128 Å². The van der Waals surface area contributed by atoms with Crippen LogP contribution in [0.3, 0.4) is 0 Å². The van der Waals surface area contributed by atoms with Gasteiger partial charge in [-0.25, -0.2) is 0 Å². The van der Waals surface area contributed by atoms with E-state index < -0.39 is 0 Å². The van der Waals surface area contributed by atoms with E-state index in [2.05, 4.69) is 63.7 Å². The normalized spacial score (nSPS) is 17.4. The average Bonchev–Trinajstić information content (AvgIpc) is 2.48. The van der Waals surface area contributed by atoms with Gasteiger partial charge in [0.05, 0.1) is 6.61 Å². The maximum Gasteiger partial charge on any atom is 0.122 e. The molecule has 0 saturated carbocycles. The molecule has 0 radical (unpaired) electrons. The number of para-hydroxylation sites is 1. The van der Waals surface area contributed by atoms with E-state index in [9.17, 15) is 0 Å². The topological polar surface area (TPSA) is 21.3 Å². The summed E-state index contributed by atoms with van der Waals surface area (Å²) in [6.07, 6.45) is 1.09. The third kappa shape index (κ3) is 3.22. The quantitative estimate of drug-likeness (QED) is 0.910. The Morgan fingerprint density at radius 2 is 2.05 bits per heavy atom. The van der Waals surface area contributed by atoms with Gasteiger partial charge in [-0.15, -0.1) is 0 Å². The van der Waals surface area contributed by atoms with Crippen LogP contribution in [0.25, 0.3) is 0 Å². The number of rotatable bonds is 4. The Morgan fingerprint density at radius 1 is 1.15 bits per heavy atom. The fourth-order valence-corrected chi connectivity index (χ4v) is 3.11. The molecule has 3 heteroatoms. The van der Waals surface area contributed by atoms with Crippen molar-refractivity contribution in [3.63, 3.8) is 0 Å². The standard InChI is InChI=1S/C17H18BrNO/c18-15-5-3-4-13(10-15)11-19-12-14-8-9-20-17-7-2-1-6-16(14)17/h1-7,10,14,19H,8-9,11-12H2. The Balaban J connectivity index is 1.60. The molecule has 0 amide bonds. The van der Waals surface area contributed by atoms with Crippen LogP contribution in [-0.2, 0) is 6.54 Å². The van der Waals surface area contributed by atoms with E-state index in [0.29, 0.717) is 5.92 Å². The molecule has 0 aliphatic carbocycles. The Hall–Kier alpha value is -1.32. The number of nitrogens with one attached hydrogen (secondary N) is 1. The molecule has 0 aromatic heterocycles. The molecule has 0 bridgehead atoms. The van der Waals surface area contributed by atoms with Crippen molar-refractivity contribution >= 4 is 15.9 Å². The highest BCUT2D eigenvalue weighted by molar-refractivity contribution is 9.10. The molecule has 2 aromatic rings. The fourth-order valence-electron chi connectivity index (χ4n) is 2.67. The van der Waals surface area contributed by atoms with Gasteiger partial charge in [0.1, 0.15) is 5.75 Å². The second-order valence-electron chi connectivity index (χ2n) is 5.13. The second kappa shape index (κ2) is 6.42. The van der Waals surface area contributed by atoms with Crippen molar-refractivity contribution in [3.8, 4) is 5.75 Å². The van der Waals surface area contributed by atoms with Crippen molar-refractivity contribution in [1.29, 1.82) is 0 Å². The van der Waals surface area contributed by atoms with Crippen LogP contribution in [0.4, 0.5) is 0 Å². The monoisotopic (exact) mass is 331 g/mol. The van der Waals surface area contributed by atoms with E-state index in [-0.39, 0.29) is 0 Å². The van der Waals surface area contributed by atoms with Gasteiger partial charge in [0, 0.05) is 23.5 Å². The molecule has 20 heavy (non-hydrogen) atoms. The number of halogens is 1. The first-order chi connectivity index (χ1) is 9.83. The first-order valence-corrected chi connectivity index (χ1v) is 7.79. The Morgan fingerprint density at radius 3 is 2.95 bits per heavy atom. The summed E-state index contributed by atoms with van der Waals surface area (Å²) in [5.74, 6) is 1.60. The summed E-state index contributed by atoms with van der Waals surface area (Å²) in [6.45, 7) is 2.71. The summed E-state index contributed by atoms with van der Waals surface area (Å²) in [5, 5.41) is 3.56. The second-order valence-corrected chi connectivity index (χ2v) is 6.05. The first kappa shape index (κ1) is 13.7. The van der Waals surface area contributed by atoms with Crippen LogP contribution in [0.5, 0.6) is 5.75 Å². The van der Waals surface area contributed by atoms with Crippen LogP contribution in [0.2, 0.25) is 0 Å². The van der Waals surface area contributed by atoms with Gasteiger partial charge in [-0.05, 0) is 35.7 Å². The fraction of sp³-hybridized carbons (Fsp3) is 0.294. The number of ether oxygens (including phenoxy) is 1. The molecule has 0 fully saturated rings. The van der Waals surface area contributed by atoms with E-state index in [0.717, 1.165) is 36.3 Å².